The first-order valence-corrected chi connectivity index (χ1v) is 7.60. The molecule has 21 heavy (non-hydrogen) atoms. The Kier molecular flexibility index (Phi) is 5.38. The molecule has 0 bridgehead atoms. The molecule has 0 heterocycles. The van der Waals surface area contributed by atoms with Gasteiger partial charge in [0, 0.05) is 22.4 Å². The van der Waals surface area contributed by atoms with Crippen LogP contribution in [-0.4, -0.2) is 6.04 Å². The van der Waals surface area contributed by atoms with E-state index < -0.39 is 0 Å². The fraction of sp³-hybridized carbons (Fsp3) is 0.235. The van der Waals surface area contributed by atoms with E-state index in [1.54, 1.807) is 18.2 Å². The van der Waals surface area contributed by atoms with Gasteiger partial charge in [-0.25, -0.2) is 4.39 Å². The molecule has 1 N–H and O–H groups in total. The maximum absolute atomic E-state index is 13.7. The van der Waals surface area contributed by atoms with Gasteiger partial charge in [-0.3, -0.25) is 0 Å². The molecule has 0 saturated heterocycles. The highest BCUT2D eigenvalue weighted by Crippen LogP contribution is 2.32. The zero-order valence-corrected chi connectivity index (χ0v) is 12.9. The molecule has 108 valence electrons. The molecule has 0 unspecified atom stereocenters. The lowest BCUT2D eigenvalue weighted by molar-refractivity contribution is 0.588. The Morgan fingerprint density at radius 3 is 2.62 bits per heavy atom. The highest BCUT2D eigenvalue weighted by atomic mass is 32.2. The minimum atomic E-state index is -0.267. The van der Waals surface area contributed by atoms with Crippen molar-refractivity contribution in [1.82, 2.24) is 5.32 Å². The predicted octanol–water partition coefficient (Wildman–Crippen LogP) is 4.35. The third kappa shape index (κ3) is 4.32. The number of nitrogens with zero attached hydrogens (tertiary/aromatic N) is 1. The van der Waals surface area contributed by atoms with Crippen LogP contribution in [0.5, 0.6) is 0 Å². The molecule has 0 saturated carbocycles. The van der Waals surface area contributed by atoms with Crippen molar-refractivity contribution in [2.24, 2.45) is 0 Å². The molecule has 0 atom stereocenters. The van der Waals surface area contributed by atoms with Gasteiger partial charge in [0.05, 0.1) is 5.56 Å². The summed E-state index contributed by atoms with van der Waals surface area (Å²) in [6.07, 6.45) is 0. The van der Waals surface area contributed by atoms with Crippen molar-refractivity contribution in [3.05, 3.63) is 59.4 Å². The average Bonchev–Trinajstić information content (AvgIpc) is 2.48. The second-order valence-corrected chi connectivity index (χ2v) is 6.09. The topological polar surface area (TPSA) is 35.8 Å². The Bertz CT molecular complexity index is 662. The SMILES string of the molecule is CC(C)NCc1ccc(Sc2ccccc2F)c(C#N)c1. The van der Waals surface area contributed by atoms with E-state index in [1.807, 2.05) is 18.2 Å². The van der Waals surface area contributed by atoms with E-state index in [0.717, 1.165) is 17.0 Å². The quantitative estimate of drug-likeness (QED) is 0.892. The first-order chi connectivity index (χ1) is 10.1. The molecular formula is C17H17FN2S. The lowest BCUT2D eigenvalue weighted by Crippen LogP contribution is -2.21. The van der Waals surface area contributed by atoms with E-state index in [9.17, 15) is 9.65 Å². The highest BCUT2D eigenvalue weighted by Gasteiger charge is 2.09. The summed E-state index contributed by atoms with van der Waals surface area (Å²) in [5, 5.41) is 12.6. The Morgan fingerprint density at radius 1 is 1.19 bits per heavy atom. The van der Waals surface area contributed by atoms with Gasteiger partial charge in [0.15, 0.2) is 0 Å². The van der Waals surface area contributed by atoms with Crippen LogP contribution < -0.4 is 5.32 Å². The minimum absolute atomic E-state index is 0.267. The van der Waals surface area contributed by atoms with Crippen molar-refractivity contribution in [1.29, 1.82) is 5.26 Å². The third-order valence-electron chi connectivity index (χ3n) is 2.94. The van der Waals surface area contributed by atoms with Gasteiger partial charge in [-0.05, 0) is 29.8 Å². The van der Waals surface area contributed by atoms with Crippen molar-refractivity contribution in [3.8, 4) is 6.07 Å². The van der Waals surface area contributed by atoms with Crippen LogP contribution in [0.15, 0.2) is 52.3 Å². The molecule has 0 spiro atoms. The summed E-state index contributed by atoms with van der Waals surface area (Å²) in [5.41, 5.74) is 1.63. The summed E-state index contributed by atoms with van der Waals surface area (Å²) in [5.74, 6) is -0.267. The summed E-state index contributed by atoms with van der Waals surface area (Å²) < 4.78 is 13.7. The highest BCUT2D eigenvalue weighted by molar-refractivity contribution is 7.99. The van der Waals surface area contributed by atoms with E-state index in [0.29, 0.717) is 16.5 Å². The molecular weight excluding hydrogens is 283 g/mol. The first-order valence-electron chi connectivity index (χ1n) is 6.79. The van der Waals surface area contributed by atoms with Crippen LogP contribution in [0.25, 0.3) is 0 Å². The molecule has 0 aromatic heterocycles. The van der Waals surface area contributed by atoms with E-state index in [-0.39, 0.29) is 5.82 Å². The smallest absolute Gasteiger partial charge is 0.137 e. The molecule has 2 aromatic carbocycles. The largest absolute Gasteiger partial charge is 0.310 e. The van der Waals surface area contributed by atoms with Crippen LogP contribution in [0.2, 0.25) is 0 Å². The van der Waals surface area contributed by atoms with Gasteiger partial charge in [-0.1, -0.05) is 43.8 Å². The van der Waals surface area contributed by atoms with E-state index in [1.165, 1.54) is 17.8 Å². The van der Waals surface area contributed by atoms with E-state index in [4.69, 9.17) is 0 Å². The molecule has 0 fully saturated rings. The Morgan fingerprint density at radius 2 is 1.95 bits per heavy atom. The number of nitriles is 1. The van der Waals surface area contributed by atoms with Gasteiger partial charge in [0.2, 0.25) is 0 Å². The van der Waals surface area contributed by atoms with Crippen LogP contribution in [0.1, 0.15) is 25.0 Å². The number of nitrogens with one attached hydrogen (secondary N) is 1. The zero-order valence-electron chi connectivity index (χ0n) is 12.1. The number of rotatable bonds is 5. The second kappa shape index (κ2) is 7.26. The van der Waals surface area contributed by atoms with Crippen LogP contribution >= 0.6 is 11.8 Å². The standard InChI is InChI=1S/C17H17FN2S/c1-12(2)20-11-13-7-8-16(14(9-13)10-19)21-17-6-4-3-5-15(17)18/h3-9,12,20H,11H2,1-2H3. The van der Waals surface area contributed by atoms with Gasteiger partial charge < -0.3 is 5.32 Å². The van der Waals surface area contributed by atoms with Crippen LogP contribution in [0.3, 0.4) is 0 Å². The summed E-state index contributed by atoms with van der Waals surface area (Å²) >= 11 is 1.28. The lowest BCUT2D eigenvalue weighted by atomic mass is 10.1. The molecule has 4 heteroatoms. The number of hydrogen-bond donors (Lipinski definition) is 1. The van der Waals surface area contributed by atoms with Gasteiger partial charge >= 0.3 is 0 Å². The second-order valence-electron chi connectivity index (χ2n) is 5.01. The van der Waals surface area contributed by atoms with E-state index in [2.05, 4.69) is 25.2 Å². The Balaban J connectivity index is 2.21. The first kappa shape index (κ1) is 15.6. The lowest BCUT2D eigenvalue weighted by Gasteiger charge is -2.10. The molecule has 0 aliphatic carbocycles. The van der Waals surface area contributed by atoms with Crippen molar-refractivity contribution in [2.75, 3.05) is 0 Å². The summed E-state index contributed by atoms with van der Waals surface area (Å²) in [7, 11) is 0. The average molecular weight is 300 g/mol. The van der Waals surface area contributed by atoms with Crippen LogP contribution in [0, 0.1) is 17.1 Å². The zero-order chi connectivity index (χ0) is 15.2. The fourth-order valence-corrected chi connectivity index (χ4v) is 2.73. The van der Waals surface area contributed by atoms with Crippen molar-refractivity contribution >= 4 is 11.8 Å². The minimum Gasteiger partial charge on any atom is -0.310 e. The number of hydrogen-bond acceptors (Lipinski definition) is 3. The summed E-state index contributed by atoms with van der Waals surface area (Å²) in [6.45, 7) is 4.87. The molecule has 2 aromatic rings. The van der Waals surface area contributed by atoms with Crippen molar-refractivity contribution in [3.63, 3.8) is 0 Å². The van der Waals surface area contributed by atoms with Crippen LogP contribution in [0.4, 0.5) is 4.39 Å². The monoisotopic (exact) mass is 300 g/mol. The normalized spacial score (nSPS) is 10.6. The Hall–Kier alpha value is -1.83. The summed E-state index contributed by atoms with van der Waals surface area (Å²) in [6, 6.07) is 14.9. The molecule has 0 amide bonds. The van der Waals surface area contributed by atoms with Gasteiger partial charge in [0.25, 0.3) is 0 Å². The third-order valence-corrected chi connectivity index (χ3v) is 4.06. The Labute approximate surface area is 129 Å². The fourth-order valence-electron chi connectivity index (χ4n) is 1.83. The molecule has 0 radical (unpaired) electrons. The predicted molar refractivity (Wildman–Crippen MR) is 83.7 cm³/mol. The number of halogens is 1. The summed E-state index contributed by atoms with van der Waals surface area (Å²) in [4.78, 5) is 1.30. The van der Waals surface area contributed by atoms with Crippen molar-refractivity contribution in [2.45, 2.75) is 36.2 Å². The number of benzene rings is 2. The maximum atomic E-state index is 13.7. The molecule has 2 rings (SSSR count). The molecule has 0 aliphatic rings. The van der Waals surface area contributed by atoms with Gasteiger partial charge in [-0.15, -0.1) is 0 Å². The molecule has 2 nitrogen and oxygen atoms in total. The molecule has 0 aliphatic heterocycles. The van der Waals surface area contributed by atoms with Crippen molar-refractivity contribution < 1.29 is 4.39 Å². The van der Waals surface area contributed by atoms with Crippen LogP contribution in [-0.2, 0) is 6.54 Å². The van der Waals surface area contributed by atoms with Gasteiger partial charge in [-0.2, -0.15) is 5.26 Å². The van der Waals surface area contributed by atoms with Gasteiger partial charge in [0.1, 0.15) is 11.9 Å². The van der Waals surface area contributed by atoms with E-state index >= 15 is 0 Å². The maximum Gasteiger partial charge on any atom is 0.137 e.